The van der Waals surface area contributed by atoms with Crippen LogP contribution in [0.25, 0.3) is 0 Å². The zero-order valence-corrected chi connectivity index (χ0v) is 18.2. The molecule has 1 aliphatic carbocycles. The van der Waals surface area contributed by atoms with Crippen molar-refractivity contribution in [3.63, 3.8) is 0 Å². The fourth-order valence-corrected chi connectivity index (χ4v) is 3.98. The Morgan fingerprint density at radius 2 is 1.57 bits per heavy atom. The molecule has 0 aliphatic heterocycles. The van der Waals surface area contributed by atoms with Gasteiger partial charge in [-0.15, -0.1) is 0 Å². The summed E-state index contributed by atoms with van der Waals surface area (Å²) < 4.78 is 34.2. The molecule has 0 heterocycles. The fourth-order valence-electron chi connectivity index (χ4n) is 3.13. The number of carbonyl (C=O) groups excluding carboxylic acids is 3. The Morgan fingerprint density at radius 3 is 2.14 bits per heavy atom. The molecule has 1 unspecified atom stereocenters. The minimum absolute atomic E-state index is 0. The Labute approximate surface area is 184 Å². The van der Waals surface area contributed by atoms with Crippen molar-refractivity contribution in [2.24, 2.45) is 0 Å². The number of ketones is 2. The summed E-state index contributed by atoms with van der Waals surface area (Å²) in [5.74, 6) is -1.83. The Morgan fingerprint density at radius 1 is 1.00 bits per heavy atom. The van der Waals surface area contributed by atoms with Crippen LogP contribution in [-0.2, 0) is 14.9 Å². The van der Waals surface area contributed by atoms with E-state index >= 15 is 0 Å². The van der Waals surface area contributed by atoms with Gasteiger partial charge < -0.3 is 9.87 Å². The van der Waals surface area contributed by atoms with E-state index in [1.54, 1.807) is 25.1 Å². The number of rotatable bonds is 5. The minimum Gasteiger partial charge on any atom is -0.747 e. The second-order valence-corrected chi connectivity index (χ2v) is 7.75. The first-order valence-corrected chi connectivity index (χ1v) is 9.79. The number of nitrogens with one attached hydrogen (secondary N) is 1. The second-order valence-electron chi connectivity index (χ2n) is 6.19. The van der Waals surface area contributed by atoms with E-state index in [4.69, 9.17) is 0 Å². The molecular formula is C19H16NNaO6S. The number of benzene rings is 2. The maximum Gasteiger partial charge on any atom is 1.00 e. The molecule has 0 bridgehead atoms. The van der Waals surface area contributed by atoms with E-state index in [1.165, 1.54) is 24.3 Å². The smallest absolute Gasteiger partial charge is 0.747 e. The molecule has 0 aromatic heterocycles. The average molecular weight is 409 g/mol. The van der Waals surface area contributed by atoms with Crippen molar-refractivity contribution >= 4 is 33.3 Å². The van der Waals surface area contributed by atoms with Crippen LogP contribution in [0, 0.1) is 0 Å². The maximum atomic E-state index is 12.9. The molecule has 9 heteroatoms. The number of carbonyl (C=O) groups is 3. The summed E-state index contributed by atoms with van der Waals surface area (Å²) in [7, 11) is -4.85. The van der Waals surface area contributed by atoms with Crippen molar-refractivity contribution in [1.29, 1.82) is 0 Å². The standard InChI is InChI=1S/C19H17NO6S.Na/c1-2-6-15(27(24,25)26)19(23)20-14-10-5-9-13-16(14)18(22)12-8-4-3-7-11(12)17(13)21;/h3-5,7-10,15H,2,6H2,1H3,(H,20,23)(H,24,25,26);/q;+1/p-1. The van der Waals surface area contributed by atoms with Crippen molar-refractivity contribution in [2.75, 3.05) is 5.32 Å². The van der Waals surface area contributed by atoms with Crippen LogP contribution in [0.15, 0.2) is 42.5 Å². The van der Waals surface area contributed by atoms with Gasteiger partial charge in [0.05, 0.1) is 11.3 Å². The van der Waals surface area contributed by atoms with E-state index in [-0.39, 0.29) is 69.7 Å². The SMILES string of the molecule is CCCC(C(=O)Nc1cccc2c1C(=O)c1ccccc1C2=O)S(=O)(=O)[O-].[Na+]. The van der Waals surface area contributed by atoms with Crippen LogP contribution in [0.3, 0.4) is 0 Å². The van der Waals surface area contributed by atoms with Crippen LogP contribution in [0.2, 0.25) is 0 Å². The van der Waals surface area contributed by atoms with Gasteiger partial charge in [0.25, 0.3) is 0 Å². The number of hydrogen-bond acceptors (Lipinski definition) is 6. The van der Waals surface area contributed by atoms with Crippen molar-refractivity contribution in [1.82, 2.24) is 0 Å². The van der Waals surface area contributed by atoms with Crippen LogP contribution in [0.5, 0.6) is 0 Å². The summed E-state index contributed by atoms with van der Waals surface area (Å²) in [5, 5.41) is 0.588. The Bertz CT molecular complexity index is 1060. The van der Waals surface area contributed by atoms with E-state index < -0.39 is 27.1 Å². The normalized spacial score (nSPS) is 13.8. The van der Waals surface area contributed by atoms with Gasteiger partial charge in [-0.25, -0.2) is 8.42 Å². The number of amides is 1. The van der Waals surface area contributed by atoms with Gasteiger partial charge in [0, 0.05) is 16.7 Å². The molecular weight excluding hydrogens is 393 g/mol. The van der Waals surface area contributed by atoms with Gasteiger partial charge in [-0.3, -0.25) is 14.4 Å². The molecule has 1 aliphatic rings. The monoisotopic (exact) mass is 409 g/mol. The third-order valence-electron chi connectivity index (χ3n) is 4.40. The van der Waals surface area contributed by atoms with Crippen LogP contribution < -0.4 is 34.9 Å². The maximum absolute atomic E-state index is 12.9. The van der Waals surface area contributed by atoms with E-state index in [2.05, 4.69) is 5.32 Å². The molecule has 2 aromatic rings. The summed E-state index contributed by atoms with van der Waals surface area (Å²) in [6, 6.07) is 10.7. The van der Waals surface area contributed by atoms with Gasteiger partial charge >= 0.3 is 29.6 Å². The number of hydrogen-bond donors (Lipinski definition) is 1. The Hall–Kier alpha value is -1.84. The van der Waals surface area contributed by atoms with E-state index in [1.807, 2.05) is 0 Å². The fraction of sp³-hybridized carbons (Fsp3) is 0.211. The van der Waals surface area contributed by atoms with Crippen molar-refractivity contribution in [3.05, 3.63) is 64.7 Å². The molecule has 0 saturated heterocycles. The number of anilines is 1. The van der Waals surface area contributed by atoms with Gasteiger partial charge in [0.15, 0.2) is 11.6 Å². The van der Waals surface area contributed by atoms with Crippen LogP contribution in [0.4, 0.5) is 5.69 Å². The van der Waals surface area contributed by atoms with Crippen LogP contribution in [0.1, 0.15) is 51.6 Å². The molecule has 0 fully saturated rings. The third kappa shape index (κ3) is 4.11. The molecule has 1 N–H and O–H groups in total. The zero-order chi connectivity index (χ0) is 19.8. The van der Waals surface area contributed by atoms with E-state index in [9.17, 15) is 27.4 Å². The van der Waals surface area contributed by atoms with Crippen molar-refractivity contribution in [3.8, 4) is 0 Å². The second kappa shape index (κ2) is 8.67. The predicted molar refractivity (Wildman–Crippen MR) is 96.8 cm³/mol. The average Bonchev–Trinajstić information content (AvgIpc) is 2.63. The molecule has 1 atom stereocenters. The molecule has 7 nitrogen and oxygen atoms in total. The van der Waals surface area contributed by atoms with Gasteiger partial charge in [0.2, 0.25) is 5.91 Å². The predicted octanol–water partition coefficient (Wildman–Crippen LogP) is -0.882. The molecule has 3 rings (SSSR count). The molecule has 140 valence electrons. The first-order chi connectivity index (χ1) is 12.8. The summed E-state index contributed by atoms with van der Waals surface area (Å²) in [4.78, 5) is 37.9. The summed E-state index contributed by atoms with van der Waals surface area (Å²) >= 11 is 0. The largest absolute Gasteiger partial charge is 1.00 e. The Balaban J connectivity index is 0.00000280. The molecule has 28 heavy (non-hydrogen) atoms. The molecule has 0 spiro atoms. The first-order valence-electron chi connectivity index (χ1n) is 8.32. The summed E-state index contributed by atoms with van der Waals surface area (Å²) in [5.41, 5.74) is 0.597. The van der Waals surface area contributed by atoms with E-state index in [0.29, 0.717) is 6.42 Å². The molecule has 2 aromatic carbocycles. The van der Waals surface area contributed by atoms with E-state index in [0.717, 1.165) is 0 Å². The first kappa shape index (κ1) is 22.4. The number of fused-ring (bicyclic) bond motifs is 2. The van der Waals surface area contributed by atoms with Gasteiger partial charge in [-0.1, -0.05) is 49.7 Å². The molecule has 0 saturated carbocycles. The van der Waals surface area contributed by atoms with Crippen LogP contribution >= 0.6 is 0 Å². The van der Waals surface area contributed by atoms with Gasteiger partial charge in [-0.2, -0.15) is 0 Å². The quantitative estimate of drug-likeness (QED) is 0.432. The zero-order valence-electron chi connectivity index (χ0n) is 15.4. The van der Waals surface area contributed by atoms with Crippen molar-refractivity contribution < 1.29 is 56.9 Å². The van der Waals surface area contributed by atoms with Gasteiger partial charge in [0.1, 0.15) is 15.4 Å². The van der Waals surface area contributed by atoms with Crippen LogP contribution in [-0.4, -0.2) is 35.7 Å². The molecule has 1 amide bonds. The van der Waals surface area contributed by atoms with Crippen molar-refractivity contribution in [2.45, 2.75) is 25.0 Å². The minimum atomic E-state index is -4.85. The molecule has 0 radical (unpaired) electrons. The summed E-state index contributed by atoms with van der Waals surface area (Å²) in [6.45, 7) is 1.65. The van der Waals surface area contributed by atoms with Gasteiger partial charge in [-0.05, 0) is 12.5 Å². The third-order valence-corrected chi connectivity index (χ3v) is 5.55. The Kier molecular flexibility index (Phi) is 6.95. The topological polar surface area (TPSA) is 120 Å². The summed E-state index contributed by atoms with van der Waals surface area (Å²) in [6.07, 6.45) is 0.180.